The standard InChI is InChI=1S/2C8H18O2.3C8H18.2C4H10O2.3C4H10O.2C4H10.O2.H2O/c2*1-7(2,3)9-10-8(4,5)6;1-7(2)6-8(3,4)5;1-7(2,3)8(4,5)6;1-7(2)5-6-8(3)4;2*1-4(2,3)6-5;3*1-4(2,3)5;2*1-4(2)3;1-2;/h2*1-6H3;7H,6H2,1-5H3;1-6H3;7-8H,5-6H2,1-4H3;2*5H,1-3H3;3*5H,1-3H3;2*4H,1-3H3;;1H2. The summed E-state index contributed by atoms with van der Waals surface area (Å²) in [5, 5.41) is 41.4. The number of aliphatic hydroxyl groups is 3. The molecule has 0 heterocycles. The van der Waals surface area contributed by atoms with Crippen LogP contribution in [0.1, 0.15) is 352 Å². The summed E-state index contributed by atoms with van der Waals surface area (Å²) in [5.41, 5.74) is -1.77. The Kier molecular flexibility index (Phi) is 78.1. The van der Waals surface area contributed by atoms with Crippen molar-refractivity contribution in [2.45, 2.75) is 402 Å². The second kappa shape index (κ2) is 55.4. The molecule has 0 aromatic rings. The van der Waals surface area contributed by atoms with Crippen LogP contribution in [-0.2, 0) is 29.3 Å². The SMILES string of the molecule is CC(C)(C)C(C)(C)C.CC(C)(C)O.CC(C)(C)O.CC(C)(C)O.CC(C)(C)OO.CC(C)(C)OO.CC(C)(C)OOC(C)(C)C.CC(C)(C)OOC(C)(C)C.CC(C)C.CC(C)C.CC(C)CC(C)(C)C.CC(C)CCC(C)C.O.O=O. The third-order valence-corrected chi connectivity index (χ3v) is 6.22. The molecule has 7 N–H and O–H groups in total. The molecule has 0 rings (SSSR count). The van der Waals surface area contributed by atoms with Crippen LogP contribution < -0.4 is 0 Å². The molecule has 0 saturated carbocycles. The monoisotopic (exact) mass is 1200 g/mol. The average molecular weight is 1200 g/mol. The molecule has 14 nitrogen and oxygen atoms in total. The zero-order chi connectivity index (χ0) is 70.3. The van der Waals surface area contributed by atoms with Crippen LogP contribution in [0.2, 0.25) is 0 Å². The van der Waals surface area contributed by atoms with Crippen LogP contribution in [0.15, 0.2) is 0 Å². The highest BCUT2D eigenvalue weighted by Crippen LogP contribution is 2.36. The van der Waals surface area contributed by atoms with Gasteiger partial charge >= 0.3 is 0 Å². The predicted molar refractivity (Wildman–Crippen MR) is 364 cm³/mol. The molecule has 0 aliphatic carbocycles. The Bertz CT molecular complexity index is 1060. The molecule has 0 atom stereocenters. The van der Waals surface area contributed by atoms with Crippen molar-refractivity contribution in [3.05, 3.63) is 9.93 Å². The van der Waals surface area contributed by atoms with Crippen molar-refractivity contribution in [2.75, 3.05) is 0 Å². The Balaban J connectivity index is -0.0000000516. The summed E-state index contributed by atoms with van der Waals surface area (Å²) in [6.45, 7) is 96.9. The van der Waals surface area contributed by atoms with Gasteiger partial charge in [0.2, 0.25) is 0 Å². The van der Waals surface area contributed by atoms with Gasteiger partial charge in [0.15, 0.2) is 0 Å². The number of hydrogen-bond donors (Lipinski definition) is 5. The topological polar surface area (TPSA) is 222 Å². The van der Waals surface area contributed by atoms with Gasteiger partial charge in [0.1, 0.15) is 0 Å². The first-order valence-corrected chi connectivity index (χ1v) is 30.0. The lowest BCUT2D eigenvalue weighted by Crippen LogP contribution is -2.27. The van der Waals surface area contributed by atoms with E-state index in [-0.39, 0.29) is 27.9 Å². The predicted octanol–water partition coefficient (Wildman–Crippen LogP) is 21.7. The Morgan fingerprint density at radius 3 is 0.415 bits per heavy atom. The van der Waals surface area contributed by atoms with Gasteiger partial charge in [-0.25, -0.2) is 29.3 Å². The lowest BCUT2D eigenvalue weighted by Gasteiger charge is -2.34. The molecule has 0 fully saturated rings. The van der Waals surface area contributed by atoms with Crippen molar-refractivity contribution in [3.8, 4) is 0 Å². The molecule has 0 aromatic carbocycles. The van der Waals surface area contributed by atoms with E-state index < -0.39 is 28.0 Å². The maximum absolute atomic E-state index is 8.52. The molecule has 0 bridgehead atoms. The van der Waals surface area contributed by atoms with E-state index in [0.717, 1.165) is 29.6 Å². The number of rotatable bonds is 6. The second-order valence-electron chi connectivity index (χ2n) is 35.2. The lowest BCUT2D eigenvalue weighted by atomic mass is 9.71. The molecule has 0 saturated heterocycles. The summed E-state index contributed by atoms with van der Waals surface area (Å²) < 4.78 is 0. The maximum Gasteiger partial charge on any atom is 0.0952 e. The van der Waals surface area contributed by atoms with Gasteiger partial charge in [0.05, 0.1) is 50.4 Å². The van der Waals surface area contributed by atoms with Crippen molar-refractivity contribution >= 4 is 0 Å². The van der Waals surface area contributed by atoms with E-state index >= 15 is 0 Å². The summed E-state index contributed by atoms with van der Waals surface area (Å²) in [5.74, 6) is 4.28. The molecule has 0 aliphatic rings. The van der Waals surface area contributed by atoms with Crippen LogP contribution in [0.3, 0.4) is 0 Å². The molecule has 0 aliphatic heterocycles. The molecule has 0 radical (unpaired) electrons. The third-order valence-electron chi connectivity index (χ3n) is 6.22. The highest BCUT2D eigenvalue weighted by molar-refractivity contribution is 4.77. The van der Waals surface area contributed by atoms with E-state index in [1.54, 1.807) is 104 Å². The Morgan fingerprint density at radius 2 is 0.390 bits per heavy atom. The third kappa shape index (κ3) is 332. The van der Waals surface area contributed by atoms with Gasteiger partial charge in [-0.3, -0.25) is 10.5 Å². The highest BCUT2D eigenvalue weighted by atomic mass is 17.2. The van der Waals surface area contributed by atoms with Gasteiger partial charge in [0.25, 0.3) is 0 Å². The van der Waals surface area contributed by atoms with E-state index in [1.165, 1.54) is 19.3 Å². The Hall–Kier alpha value is -0.880. The quantitative estimate of drug-likeness (QED) is 0.123. The van der Waals surface area contributed by atoms with Crippen molar-refractivity contribution in [1.29, 1.82) is 0 Å². The fourth-order valence-electron chi connectivity index (χ4n) is 2.39. The van der Waals surface area contributed by atoms with Gasteiger partial charge < -0.3 is 20.8 Å². The van der Waals surface area contributed by atoms with Crippen LogP contribution in [0.25, 0.3) is 0 Å². The summed E-state index contributed by atoms with van der Waals surface area (Å²) in [7, 11) is 0. The molecule has 0 unspecified atom stereocenters. The normalized spacial score (nSPS) is 12.0. The van der Waals surface area contributed by atoms with Crippen molar-refractivity contribution in [1.82, 2.24) is 0 Å². The van der Waals surface area contributed by atoms with Crippen molar-refractivity contribution in [2.24, 2.45) is 45.8 Å². The molecule has 14 heteroatoms. The molecule has 0 aromatic heterocycles. The smallest absolute Gasteiger partial charge is 0.0952 e. The van der Waals surface area contributed by atoms with Crippen LogP contribution >= 0.6 is 0 Å². The lowest BCUT2D eigenvalue weighted by molar-refractivity contribution is -0.393. The van der Waals surface area contributed by atoms with Crippen LogP contribution in [-0.4, -0.2) is 81.7 Å². The van der Waals surface area contributed by atoms with Gasteiger partial charge in [-0.05, 0) is 239 Å². The largest absolute Gasteiger partial charge is 0.412 e. The van der Waals surface area contributed by atoms with E-state index in [4.69, 9.17) is 55.3 Å². The molecule has 518 valence electrons. The molecular weight excluding hydrogens is 1040 g/mol. The molecular formula is C68H162O14. The van der Waals surface area contributed by atoms with Crippen LogP contribution in [0.4, 0.5) is 0 Å². The first-order chi connectivity index (χ1) is 34.3. The zero-order valence-corrected chi connectivity index (χ0v) is 65.0. The fourth-order valence-corrected chi connectivity index (χ4v) is 2.39. The van der Waals surface area contributed by atoms with E-state index in [2.05, 4.69) is 155 Å². The van der Waals surface area contributed by atoms with E-state index in [1.807, 2.05) is 83.1 Å². The molecule has 0 spiro atoms. The van der Waals surface area contributed by atoms with Crippen molar-refractivity contribution < 1.29 is 60.6 Å². The number of hydrogen-bond acceptors (Lipinski definition) is 13. The first-order valence-electron chi connectivity index (χ1n) is 30.0. The summed E-state index contributed by atoms with van der Waals surface area (Å²) in [6, 6.07) is 0. The van der Waals surface area contributed by atoms with Gasteiger partial charge in [-0.2, -0.15) is 0 Å². The fraction of sp³-hybridized carbons (Fsp3) is 1.00. The summed E-state index contributed by atoms with van der Waals surface area (Å²) >= 11 is 0. The average Bonchev–Trinajstić information content (AvgIpc) is 3.09. The minimum Gasteiger partial charge on any atom is -0.412 e. The maximum atomic E-state index is 8.52. The summed E-state index contributed by atoms with van der Waals surface area (Å²) in [6.07, 6.45) is 4.10. The zero-order valence-electron chi connectivity index (χ0n) is 65.0. The molecule has 0 amide bonds. The Morgan fingerprint density at radius 1 is 0.280 bits per heavy atom. The Labute approximate surface area is 516 Å². The van der Waals surface area contributed by atoms with Crippen molar-refractivity contribution in [3.63, 3.8) is 0 Å². The minimum absolute atomic E-state index is 0. The van der Waals surface area contributed by atoms with E-state index in [0.29, 0.717) is 16.2 Å². The minimum atomic E-state index is -0.500. The second-order valence-corrected chi connectivity index (χ2v) is 35.2. The highest BCUT2D eigenvalue weighted by Gasteiger charge is 2.27. The van der Waals surface area contributed by atoms with Gasteiger partial charge in [-0.1, -0.05) is 158 Å². The van der Waals surface area contributed by atoms with Crippen LogP contribution in [0.5, 0.6) is 0 Å². The van der Waals surface area contributed by atoms with Crippen LogP contribution in [0, 0.1) is 55.8 Å². The molecule has 82 heavy (non-hydrogen) atoms. The van der Waals surface area contributed by atoms with E-state index in [9.17, 15) is 0 Å². The first kappa shape index (κ1) is 116. The summed E-state index contributed by atoms with van der Waals surface area (Å²) in [4.78, 5) is 42.2. The van der Waals surface area contributed by atoms with Gasteiger partial charge in [-0.15, -0.1) is 0 Å². The van der Waals surface area contributed by atoms with Gasteiger partial charge in [0, 0.05) is 9.93 Å².